The molecule has 78 valence electrons. The van der Waals surface area contributed by atoms with E-state index in [0.717, 1.165) is 6.92 Å². The fourth-order valence-corrected chi connectivity index (χ4v) is 1.02. The first-order chi connectivity index (χ1) is 5.80. The summed E-state index contributed by atoms with van der Waals surface area (Å²) < 4.78 is 40.6. The maximum atomic E-state index is 12.1. The molecule has 2 nitrogen and oxygen atoms in total. The van der Waals surface area contributed by atoms with Gasteiger partial charge in [-0.25, -0.2) is 0 Å². The van der Waals surface area contributed by atoms with Crippen LogP contribution < -0.4 is 0 Å². The minimum Gasteiger partial charge on any atom is -0.465 e. The number of hydrogen-bond donors (Lipinski definition) is 0. The Hall–Kier alpha value is -0.260. The van der Waals surface area contributed by atoms with Gasteiger partial charge in [-0.3, -0.25) is 4.79 Å². The van der Waals surface area contributed by atoms with Crippen molar-refractivity contribution in [2.45, 2.75) is 24.9 Å². The van der Waals surface area contributed by atoms with Crippen molar-refractivity contribution >= 4 is 21.9 Å². The summed E-state index contributed by atoms with van der Waals surface area (Å²) in [5, 5.41) is 0. The molecule has 0 heterocycles. The first-order valence-corrected chi connectivity index (χ1v) is 4.59. The maximum Gasteiger partial charge on any atom is 0.393 e. The first kappa shape index (κ1) is 12.7. The predicted molar refractivity (Wildman–Crippen MR) is 44.6 cm³/mol. The second-order valence-corrected chi connectivity index (χ2v) is 3.47. The molecule has 0 radical (unpaired) electrons. The lowest BCUT2D eigenvalue weighted by molar-refractivity contribution is -0.177. The number of halogens is 4. The average Bonchev–Trinajstić information content (AvgIpc) is 2.00. The van der Waals surface area contributed by atoms with Crippen LogP contribution in [0.5, 0.6) is 0 Å². The van der Waals surface area contributed by atoms with Gasteiger partial charge in [-0.05, 0) is 6.92 Å². The third-order valence-corrected chi connectivity index (χ3v) is 2.63. The lowest BCUT2D eigenvalue weighted by atomic mass is 10.1. The molecule has 0 rings (SSSR count). The van der Waals surface area contributed by atoms with E-state index in [2.05, 4.69) is 20.7 Å². The zero-order chi connectivity index (χ0) is 10.6. The van der Waals surface area contributed by atoms with E-state index in [9.17, 15) is 18.0 Å². The summed E-state index contributed by atoms with van der Waals surface area (Å²) in [5.41, 5.74) is 0. The summed E-state index contributed by atoms with van der Waals surface area (Å²) in [6.07, 6.45) is -4.39. The molecule has 0 spiro atoms. The van der Waals surface area contributed by atoms with Gasteiger partial charge >= 0.3 is 12.1 Å². The van der Waals surface area contributed by atoms with Gasteiger partial charge in [0.25, 0.3) is 0 Å². The molecular weight excluding hydrogens is 253 g/mol. The van der Waals surface area contributed by atoms with Crippen LogP contribution in [0, 0.1) is 5.92 Å². The molecule has 0 aliphatic heterocycles. The van der Waals surface area contributed by atoms with E-state index in [-0.39, 0.29) is 6.61 Å². The van der Waals surface area contributed by atoms with E-state index >= 15 is 0 Å². The Morgan fingerprint density at radius 2 is 2.00 bits per heavy atom. The minimum absolute atomic E-state index is 0.0749. The molecule has 0 aliphatic rings. The second kappa shape index (κ2) is 4.83. The second-order valence-electron chi connectivity index (χ2n) is 2.48. The third-order valence-electron chi connectivity index (χ3n) is 1.47. The van der Waals surface area contributed by atoms with Crippen LogP contribution in [0.2, 0.25) is 0 Å². The van der Waals surface area contributed by atoms with E-state index in [4.69, 9.17) is 0 Å². The minimum atomic E-state index is -4.39. The number of esters is 1. The molecule has 0 fully saturated rings. The van der Waals surface area contributed by atoms with Crippen LogP contribution in [-0.4, -0.2) is 23.6 Å². The first-order valence-electron chi connectivity index (χ1n) is 3.68. The Morgan fingerprint density at radius 3 is 2.31 bits per heavy atom. The van der Waals surface area contributed by atoms with Crippen LogP contribution in [0.1, 0.15) is 13.8 Å². The Kier molecular flexibility index (Phi) is 4.74. The zero-order valence-electron chi connectivity index (χ0n) is 7.19. The topological polar surface area (TPSA) is 26.3 Å². The molecule has 0 aromatic heterocycles. The van der Waals surface area contributed by atoms with Crippen LogP contribution >= 0.6 is 15.9 Å². The van der Waals surface area contributed by atoms with Crippen LogP contribution in [0.15, 0.2) is 0 Å². The number of carbonyl (C=O) groups is 1. The highest BCUT2D eigenvalue weighted by molar-refractivity contribution is 9.10. The molecule has 0 bridgehead atoms. The quantitative estimate of drug-likeness (QED) is 0.577. The monoisotopic (exact) mass is 262 g/mol. The summed E-state index contributed by atoms with van der Waals surface area (Å²) in [5.74, 6) is -2.63. The Balaban J connectivity index is 4.25. The Bertz CT molecular complexity index is 181. The zero-order valence-corrected chi connectivity index (χ0v) is 8.78. The molecule has 6 heteroatoms. The Morgan fingerprint density at radius 1 is 1.54 bits per heavy atom. The Labute approximate surface area is 82.6 Å². The van der Waals surface area contributed by atoms with Gasteiger partial charge in [0.1, 0.15) is 4.83 Å². The number of ether oxygens (including phenoxy) is 1. The normalized spacial score (nSPS) is 16.5. The fraction of sp³-hybridized carbons (Fsp3) is 0.857. The van der Waals surface area contributed by atoms with Crippen molar-refractivity contribution in [1.82, 2.24) is 0 Å². The summed E-state index contributed by atoms with van der Waals surface area (Å²) >= 11 is 2.65. The van der Waals surface area contributed by atoms with Crippen molar-refractivity contribution in [3.05, 3.63) is 0 Å². The van der Waals surface area contributed by atoms with Gasteiger partial charge in [-0.15, -0.1) is 0 Å². The van der Waals surface area contributed by atoms with E-state index in [1.807, 2.05) is 0 Å². The molecular formula is C7H10BrF3O2. The standard InChI is InChI=1S/C7H10BrF3O2/c1-3-13-6(12)5(8)4(2)7(9,10)11/h4-5H,3H2,1-2H3/t4-,5+/m1/s1. The van der Waals surface area contributed by atoms with Crippen molar-refractivity contribution in [3.8, 4) is 0 Å². The van der Waals surface area contributed by atoms with Crippen molar-refractivity contribution in [2.75, 3.05) is 6.61 Å². The number of rotatable bonds is 3. The summed E-state index contributed by atoms with van der Waals surface area (Å²) in [6, 6.07) is 0. The van der Waals surface area contributed by atoms with Crippen LogP contribution in [0.4, 0.5) is 13.2 Å². The van der Waals surface area contributed by atoms with Gasteiger partial charge in [0, 0.05) is 0 Å². The van der Waals surface area contributed by atoms with E-state index < -0.39 is 22.9 Å². The van der Waals surface area contributed by atoms with Crippen molar-refractivity contribution < 1.29 is 22.7 Å². The fourth-order valence-electron chi connectivity index (χ4n) is 0.592. The molecule has 0 amide bonds. The lowest BCUT2D eigenvalue weighted by Crippen LogP contribution is -2.34. The van der Waals surface area contributed by atoms with Crippen LogP contribution in [-0.2, 0) is 9.53 Å². The summed E-state index contributed by atoms with van der Waals surface area (Å²) in [4.78, 5) is 9.54. The highest BCUT2D eigenvalue weighted by Crippen LogP contribution is 2.32. The molecule has 13 heavy (non-hydrogen) atoms. The molecule has 0 saturated heterocycles. The van der Waals surface area contributed by atoms with Gasteiger partial charge in [-0.2, -0.15) is 13.2 Å². The lowest BCUT2D eigenvalue weighted by Gasteiger charge is -2.19. The van der Waals surface area contributed by atoms with E-state index in [1.165, 1.54) is 6.92 Å². The smallest absolute Gasteiger partial charge is 0.393 e. The average molecular weight is 263 g/mol. The molecule has 2 atom stereocenters. The highest BCUT2D eigenvalue weighted by Gasteiger charge is 2.43. The van der Waals surface area contributed by atoms with Crippen molar-refractivity contribution in [2.24, 2.45) is 5.92 Å². The van der Waals surface area contributed by atoms with E-state index in [1.54, 1.807) is 0 Å². The highest BCUT2D eigenvalue weighted by atomic mass is 79.9. The SMILES string of the molecule is CCOC(=O)[C@@H](Br)[C@@H](C)C(F)(F)F. The van der Waals surface area contributed by atoms with Gasteiger partial charge in [-0.1, -0.05) is 22.9 Å². The van der Waals surface area contributed by atoms with Crippen molar-refractivity contribution in [1.29, 1.82) is 0 Å². The van der Waals surface area contributed by atoms with Crippen molar-refractivity contribution in [3.63, 3.8) is 0 Å². The molecule has 0 aromatic carbocycles. The molecule has 0 unspecified atom stereocenters. The number of carbonyl (C=O) groups excluding carboxylic acids is 1. The summed E-state index contributed by atoms with van der Waals surface area (Å²) in [6.45, 7) is 2.54. The summed E-state index contributed by atoms with van der Waals surface area (Å²) in [7, 11) is 0. The van der Waals surface area contributed by atoms with Crippen LogP contribution in [0.25, 0.3) is 0 Å². The third kappa shape index (κ3) is 3.97. The van der Waals surface area contributed by atoms with Gasteiger partial charge in [0.05, 0.1) is 12.5 Å². The molecule has 0 aliphatic carbocycles. The van der Waals surface area contributed by atoms with Gasteiger partial charge in [0.2, 0.25) is 0 Å². The van der Waals surface area contributed by atoms with Gasteiger partial charge < -0.3 is 4.74 Å². The largest absolute Gasteiger partial charge is 0.465 e. The van der Waals surface area contributed by atoms with Crippen LogP contribution in [0.3, 0.4) is 0 Å². The van der Waals surface area contributed by atoms with Gasteiger partial charge in [0.15, 0.2) is 0 Å². The predicted octanol–water partition coefficient (Wildman–Crippen LogP) is 2.51. The number of hydrogen-bond acceptors (Lipinski definition) is 2. The molecule has 0 N–H and O–H groups in total. The molecule has 0 aromatic rings. The maximum absolute atomic E-state index is 12.1. The number of alkyl halides is 4. The molecule has 0 saturated carbocycles. The van der Waals surface area contributed by atoms with E-state index in [0.29, 0.717) is 0 Å².